The van der Waals surface area contributed by atoms with Crippen molar-refractivity contribution in [1.29, 1.82) is 0 Å². The summed E-state index contributed by atoms with van der Waals surface area (Å²) in [5.74, 6) is 0.766. The minimum atomic E-state index is 0.0749. The van der Waals surface area contributed by atoms with Gasteiger partial charge in [0.25, 0.3) is 0 Å². The van der Waals surface area contributed by atoms with Crippen molar-refractivity contribution >= 4 is 5.91 Å². The molecule has 2 aliphatic rings. The third-order valence-corrected chi connectivity index (χ3v) is 4.82. The van der Waals surface area contributed by atoms with Crippen molar-refractivity contribution in [3.05, 3.63) is 0 Å². The quantitative estimate of drug-likeness (QED) is 0.667. The molecule has 2 unspecified atom stereocenters. The molecule has 116 valence electrons. The van der Waals surface area contributed by atoms with E-state index in [1.54, 1.807) is 0 Å². The molecule has 0 aromatic heterocycles. The van der Waals surface area contributed by atoms with Crippen LogP contribution in [-0.4, -0.2) is 36.2 Å². The van der Waals surface area contributed by atoms with Crippen molar-refractivity contribution in [3.63, 3.8) is 0 Å². The summed E-state index contributed by atoms with van der Waals surface area (Å²) in [5.41, 5.74) is 0.0749. The molecule has 1 amide bonds. The second kappa shape index (κ2) is 6.90. The number of hydrogen-bond acceptors (Lipinski definition) is 3. The molecule has 2 heterocycles. The van der Waals surface area contributed by atoms with E-state index in [-0.39, 0.29) is 17.9 Å². The average molecular weight is 282 g/mol. The summed E-state index contributed by atoms with van der Waals surface area (Å²) in [6.07, 6.45) is 7.34. The molecule has 0 aromatic rings. The van der Waals surface area contributed by atoms with E-state index in [1.165, 1.54) is 12.8 Å². The van der Waals surface area contributed by atoms with Crippen LogP contribution in [0.2, 0.25) is 0 Å². The van der Waals surface area contributed by atoms with Gasteiger partial charge in [-0.3, -0.25) is 4.79 Å². The summed E-state index contributed by atoms with van der Waals surface area (Å²) >= 11 is 0. The van der Waals surface area contributed by atoms with Gasteiger partial charge in [-0.25, -0.2) is 0 Å². The molecular weight excluding hydrogens is 252 g/mol. The summed E-state index contributed by atoms with van der Waals surface area (Å²) < 4.78 is 0. The van der Waals surface area contributed by atoms with Crippen LogP contribution in [0.25, 0.3) is 0 Å². The van der Waals surface area contributed by atoms with Crippen LogP contribution in [0.15, 0.2) is 0 Å². The molecule has 2 bridgehead atoms. The molecule has 2 aliphatic heterocycles. The van der Waals surface area contributed by atoms with Gasteiger partial charge in [0.2, 0.25) is 5.91 Å². The number of carbonyl (C=O) groups excluding carboxylic acids is 1. The minimum absolute atomic E-state index is 0.0749. The van der Waals surface area contributed by atoms with E-state index in [0.29, 0.717) is 31.0 Å². The highest BCUT2D eigenvalue weighted by Gasteiger charge is 2.34. The van der Waals surface area contributed by atoms with E-state index in [1.807, 2.05) is 0 Å². The maximum atomic E-state index is 12.1. The summed E-state index contributed by atoms with van der Waals surface area (Å²) in [5, 5.41) is 15.6. The molecule has 0 saturated carbocycles. The zero-order valence-corrected chi connectivity index (χ0v) is 13.0. The first-order chi connectivity index (χ1) is 9.48. The SMILES string of the molecule is CC(C)(CCCO)CNC(=O)CC1CC2CCC(C1)N2. The lowest BCUT2D eigenvalue weighted by Gasteiger charge is -2.29. The predicted molar refractivity (Wildman–Crippen MR) is 80.4 cm³/mol. The molecule has 2 saturated heterocycles. The Hall–Kier alpha value is -0.610. The van der Waals surface area contributed by atoms with Crippen LogP contribution >= 0.6 is 0 Å². The topological polar surface area (TPSA) is 61.4 Å². The van der Waals surface area contributed by atoms with Crippen LogP contribution in [0.3, 0.4) is 0 Å². The Morgan fingerprint density at radius 3 is 2.55 bits per heavy atom. The molecule has 4 nitrogen and oxygen atoms in total. The normalized spacial score (nSPS) is 29.4. The third kappa shape index (κ3) is 4.74. The standard InChI is InChI=1S/C16H30N2O2/c1-16(2,6-3-7-19)11-17-15(20)10-12-8-13-4-5-14(9-12)18-13/h12-14,18-19H,3-11H2,1-2H3,(H,17,20). The first-order valence-electron chi connectivity index (χ1n) is 8.12. The number of nitrogens with one attached hydrogen (secondary N) is 2. The summed E-state index contributed by atoms with van der Waals surface area (Å²) in [7, 11) is 0. The Labute approximate surface area is 122 Å². The molecule has 2 rings (SSSR count). The van der Waals surface area contributed by atoms with Crippen LogP contribution < -0.4 is 10.6 Å². The number of fused-ring (bicyclic) bond motifs is 2. The Morgan fingerprint density at radius 1 is 1.30 bits per heavy atom. The molecule has 2 atom stereocenters. The zero-order chi connectivity index (χ0) is 14.6. The predicted octanol–water partition coefficient (Wildman–Crippen LogP) is 1.82. The van der Waals surface area contributed by atoms with Crippen molar-refractivity contribution < 1.29 is 9.90 Å². The number of hydrogen-bond donors (Lipinski definition) is 3. The number of rotatable bonds is 7. The zero-order valence-electron chi connectivity index (χ0n) is 13.0. The number of amides is 1. The Kier molecular flexibility index (Phi) is 5.44. The Balaban J connectivity index is 1.67. The van der Waals surface area contributed by atoms with E-state index >= 15 is 0 Å². The van der Waals surface area contributed by atoms with Crippen molar-refractivity contribution in [1.82, 2.24) is 10.6 Å². The van der Waals surface area contributed by atoms with Crippen molar-refractivity contribution in [2.24, 2.45) is 11.3 Å². The molecule has 3 N–H and O–H groups in total. The highest BCUT2D eigenvalue weighted by molar-refractivity contribution is 5.76. The lowest BCUT2D eigenvalue weighted by Crippen LogP contribution is -2.40. The van der Waals surface area contributed by atoms with Gasteiger partial charge in [-0.15, -0.1) is 0 Å². The maximum absolute atomic E-state index is 12.1. The fourth-order valence-electron chi connectivity index (χ4n) is 3.66. The first kappa shape index (κ1) is 15.8. The van der Waals surface area contributed by atoms with E-state index in [0.717, 1.165) is 25.7 Å². The van der Waals surface area contributed by atoms with E-state index in [9.17, 15) is 4.79 Å². The summed E-state index contributed by atoms with van der Waals surface area (Å²) in [6, 6.07) is 1.32. The lowest BCUT2D eigenvalue weighted by molar-refractivity contribution is -0.122. The van der Waals surface area contributed by atoms with Gasteiger partial charge in [-0.1, -0.05) is 13.8 Å². The van der Waals surface area contributed by atoms with Gasteiger partial charge in [0.15, 0.2) is 0 Å². The van der Waals surface area contributed by atoms with Gasteiger partial charge in [0.05, 0.1) is 0 Å². The molecule has 2 fully saturated rings. The Bertz CT molecular complexity index is 318. The largest absolute Gasteiger partial charge is 0.396 e. The fourth-order valence-corrected chi connectivity index (χ4v) is 3.66. The Morgan fingerprint density at radius 2 is 1.95 bits per heavy atom. The summed E-state index contributed by atoms with van der Waals surface area (Å²) in [6.45, 7) is 5.24. The van der Waals surface area contributed by atoms with Crippen molar-refractivity contribution in [2.75, 3.05) is 13.2 Å². The second-order valence-corrected chi connectivity index (χ2v) is 7.45. The van der Waals surface area contributed by atoms with E-state index in [2.05, 4.69) is 24.5 Å². The minimum Gasteiger partial charge on any atom is -0.396 e. The number of piperidine rings is 1. The highest BCUT2D eigenvalue weighted by atomic mass is 16.2. The van der Waals surface area contributed by atoms with Gasteiger partial charge >= 0.3 is 0 Å². The van der Waals surface area contributed by atoms with Crippen LogP contribution in [0, 0.1) is 11.3 Å². The fraction of sp³-hybridized carbons (Fsp3) is 0.938. The van der Waals surface area contributed by atoms with Crippen LogP contribution in [-0.2, 0) is 4.79 Å². The van der Waals surface area contributed by atoms with Crippen LogP contribution in [0.4, 0.5) is 0 Å². The molecule has 0 spiro atoms. The van der Waals surface area contributed by atoms with Crippen molar-refractivity contribution in [2.45, 2.75) is 70.9 Å². The van der Waals surface area contributed by atoms with Crippen molar-refractivity contribution in [3.8, 4) is 0 Å². The van der Waals surface area contributed by atoms with E-state index < -0.39 is 0 Å². The number of aliphatic hydroxyl groups excluding tert-OH is 1. The maximum Gasteiger partial charge on any atom is 0.220 e. The molecule has 0 aromatic carbocycles. The van der Waals surface area contributed by atoms with Crippen LogP contribution in [0.1, 0.15) is 58.8 Å². The molecule has 0 radical (unpaired) electrons. The second-order valence-electron chi connectivity index (χ2n) is 7.45. The summed E-state index contributed by atoms with van der Waals surface area (Å²) in [4.78, 5) is 12.1. The van der Waals surface area contributed by atoms with Gasteiger partial charge in [-0.2, -0.15) is 0 Å². The molecular formula is C16H30N2O2. The van der Waals surface area contributed by atoms with Gasteiger partial charge < -0.3 is 15.7 Å². The number of aliphatic hydroxyl groups is 1. The van der Waals surface area contributed by atoms with Gasteiger partial charge in [0, 0.05) is 31.7 Å². The van der Waals surface area contributed by atoms with Gasteiger partial charge in [0.1, 0.15) is 0 Å². The lowest BCUT2D eigenvalue weighted by atomic mass is 9.87. The number of carbonyl (C=O) groups is 1. The van der Waals surface area contributed by atoms with E-state index in [4.69, 9.17) is 5.11 Å². The average Bonchev–Trinajstić information content (AvgIpc) is 2.74. The molecule has 20 heavy (non-hydrogen) atoms. The van der Waals surface area contributed by atoms with Gasteiger partial charge in [-0.05, 0) is 49.9 Å². The smallest absolute Gasteiger partial charge is 0.220 e. The monoisotopic (exact) mass is 282 g/mol. The first-order valence-corrected chi connectivity index (χ1v) is 8.12. The molecule has 0 aliphatic carbocycles. The molecule has 4 heteroatoms. The third-order valence-electron chi connectivity index (χ3n) is 4.82. The highest BCUT2D eigenvalue weighted by Crippen LogP contribution is 2.32. The van der Waals surface area contributed by atoms with Crippen LogP contribution in [0.5, 0.6) is 0 Å².